The predicted molar refractivity (Wildman–Crippen MR) is 109 cm³/mol. The standard InChI is InChI=1S/C21H22FN3O4/c1-12(25-23)17-11-24-21(14-5-4-13(26)8-18(14)22)16-10-19(28-3)20(9-15(16)17)29-7-6-27-2/h4-5,8-11,26H,6-7,23H2,1-3H3/b25-12-. The number of pyridine rings is 1. The van der Waals surface area contributed by atoms with Gasteiger partial charge in [-0.2, -0.15) is 5.10 Å². The molecule has 0 saturated carbocycles. The first-order valence-electron chi connectivity index (χ1n) is 8.86. The Morgan fingerprint density at radius 2 is 1.90 bits per heavy atom. The molecule has 8 heteroatoms. The van der Waals surface area contributed by atoms with E-state index in [1.54, 1.807) is 32.4 Å². The number of hydrogen-bond acceptors (Lipinski definition) is 7. The van der Waals surface area contributed by atoms with Crippen molar-refractivity contribution < 1.29 is 23.7 Å². The van der Waals surface area contributed by atoms with E-state index in [1.807, 2.05) is 0 Å². The molecule has 2 aromatic carbocycles. The van der Waals surface area contributed by atoms with Gasteiger partial charge in [0.1, 0.15) is 18.2 Å². The van der Waals surface area contributed by atoms with Crippen molar-refractivity contribution in [3.63, 3.8) is 0 Å². The molecule has 0 spiro atoms. The minimum atomic E-state index is -0.588. The van der Waals surface area contributed by atoms with Crippen molar-refractivity contribution in [2.75, 3.05) is 27.4 Å². The number of phenolic OH excluding ortho intramolecular Hbond substituents is 1. The quantitative estimate of drug-likeness (QED) is 0.273. The number of halogens is 1. The molecule has 0 fully saturated rings. The van der Waals surface area contributed by atoms with E-state index >= 15 is 0 Å². The maximum absolute atomic E-state index is 14.5. The second-order valence-electron chi connectivity index (χ2n) is 6.29. The van der Waals surface area contributed by atoms with E-state index in [4.69, 9.17) is 20.1 Å². The van der Waals surface area contributed by atoms with Crippen LogP contribution >= 0.6 is 0 Å². The predicted octanol–water partition coefficient (Wildman–Crippen LogP) is 3.46. The molecular weight excluding hydrogens is 377 g/mol. The second-order valence-corrected chi connectivity index (χ2v) is 6.29. The van der Waals surface area contributed by atoms with E-state index in [-0.39, 0.29) is 11.3 Å². The monoisotopic (exact) mass is 399 g/mol. The van der Waals surface area contributed by atoms with Gasteiger partial charge < -0.3 is 25.2 Å². The fourth-order valence-corrected chi connectivity index (χ4v) is 3.02. The molecule has 7 nitrogen and oxygen atoms in total. The number of aromatic nitrogens is 1. The van der Waals surface area contributed by atoms with E-state index in [0.29, 0.717) is 47.1 Å². The lowest BCUT2D eigenvalue weighted by Crippen LogP contribution is -2.07. The summed E-state index contributed by atoms with van der Waals surface area (Å²) in [5.41, 5.74) is 1.89. The normalized spacial score (nSPS) is 11.7. The summed E-state index contributed by atoms with van der Waals surface area (Å²) < 4.78 is 30.8. The van der Waals surface area contributed by atoms with Gasteiger partial charge in [0.05, 0.1) is 25.1 Å². The summed E-state index contributed by atoms with van der Waals surface area (Å²) in [6.07, 6.45) is 1.58. The van der Waals surface area contributed by atoms with Crippen LogP contribution in [0.15, 0.2) is 41.6 Å². The van der Waals surface area contributed by atoms with Crippen molar-refractivity contribution in [1.29, 1.82) is 0 Å². The number of benzene rings is 2. The average Bonchev–Trinajstić information content (AvgIpc) is 2.72. The Kier molecular flexibility index (Phi) is 6.13. The number of hydrogen-bond donors (Lipinski definition) is 2. The zero-order valence-electron chi connectivity index (χ0n) is 16.4. The molecule has 152 valence electrons. The van der Waals surface area contributed by atoms with Crippen LogP contribution in [0.4, 0.5) is 4.39 Å². The van der Waals surface area contributed by atoms with Crippen molar-refractivity contribution in [2.45, 2.75) is 6.92 Å². The topological polar surface area (TPSA) is 99.2 Å². The van der Waals surface area contributed by atoms with Crippen LogP contribution in [-0.2, 0) is 4.74 Å². The number of aromatic hydroxyl groups is 1. The fraction of sp³-hybridized carbons (Fsp3) is 0.238. The molecule has 3 rings (SSSR count). The van der Waals surface area contributed by atoms with Crippen molar-refractivity contribution in [3.8, 4) is 28.5 Å². The first-order chi connectivity index (χ1) is 14.0. The smallest absolute Gasteiger partial charge is 0.161 e. The van der Waals surface area contributed by atoms with Crippen LogP contribution in [0.1, 0.15) is 12.5 Å². The van der Waals surface area contributed by atoms with Crippen LogP contribution in [-0.4, -0.2) is 43.2 Å². The largest absolute Gasteiger partial charge is 0.508 e. The van der Waals surface area contributed by atoms with Crippen LogP contribution in [0.25, 0.3) is 22.0 Å². The fourth-order valence-electron chi connectivity index (χ4n) is 3.02. The summed E-state index contributed by atoms with van der Waals surface area (Å²) in [5.74, 6) is 5.70. The van der Waals surface area contributed by atoms with Gasteiger partial charge in [0, 0.05) is 35.9 Å². The lowest BCUT2D eigenvalue weighted by molar-refractivity contribution is 0.144. The Balaban J connectivity index is 2.29. The highest BCUT2D eigenvalue weighted by molar-refractivity contribution is 6.12. The van der Waals surface area contributed by atoms with E-state index in [9.17, 15) is 9.50 Å². The summed E-state index contributed by atoms with van der Waals surface area (Å²) in [7, 11) is 3.11. The summed E-state index contributed by atoms with van der Waals surface area (Å²) in [4.78, 5) is 4.44. The number of nitrogens with two attached hydrogens (primary N) is 1. The Bertz CT molecular complexity index is 1070. The molecule has 3 aromatic rings. The van der Waals surface area contributed by atoms with Gasteiger partial charge in [-0.3, -0.25) is 4.98 Å². The number of fused-ring (bicyclic) bond motifs is 1. The Hall–Kier alpha value is -3.39. The van der Waals surface area contributed by atoms with E-state index in [0.717, 1.165) is 11.5 Å². The molecule has 1 heterocycles. The van der Waals surface area contributed by atoms with Gasteiger partial charge in [-0.1, -0.05) is 0 Å². The van der Waals surface area contributed by atoms with Crippen LogP contribution < -0.4 is 15.3 Å². The number of ether oxygens (including phenoxy) is 3. The first-order valence-corrected chi connectivity index (χ1v) is 8.86. The highest BCUT2D eigenvalue weighted by Crippen LogP contribution is 2.39. The molecule has 0 amide bonds. The third-order valence-electron chi connectivity index (χ3n) is 4.51. The zero-order valence-corrected chi connectivity index (χ0v) is 16.4. The van der Waals surface area contributed by atoms with Gasteiger partial charge in [0.2, 0.25) is 0 Å². The minimum absolute atomic E-state index is 0.162. The van der Waals surface area contributed by atoms with Gasteiger partial charge in [-0.25, -0.2) is 4.39 Å². The average molecular weight is 399 g/mol. The molecule has 1 aromatic heterocycles. The van der Waals surface area contributed by atoms with Crippen LogP contribution in [0, 0.1) is 5.82 Å². The van der Waals surface area contributed by atoms with E-state index < -0.39 is 5.82 Å². The lowest BCUT2D eigenvalue weighted by atomic mass is 9.98. The number of phenols is 1. The second kappa shape index (κ2) is 8.74. The van der Waals surface area contributed by atoms with Gasteiger partial charge in [0.15, 0.2) is 11.5 Å². The Morgan fingerprint density at radius 3 is 2.55 bits per heavy atom. The molecule has 0 saturated heterocycles. The van der Waals surface area contributed by atoms with E-state index in [2.05, 4.69) is 10.1 Å². The zero-order chi connectivity index (χ0) is 21.0. The summed E-state index contributed by atoms with van der Waals surface area (Å²) in [6.45, 7) is 2.51. The van der Waals surface area contributed by atoms with Crippen molar-refractivity contribution in [2.24, 2.45) is 10.9 Å². The van der Waals surface area contributed by atoms with Gasteiger partial charge in [-0.15, -0.1) is 0 Å². The van der Waals surface area contributed by atoms with Gasteiger partial charge in [0.25, 0.3) is 0 Å². The number of methoxy groups -OCH3 is 2. The van der Waals surface area contributed by atoms with Crippen molar-refractivity contribution >= 4 is 16.5 Å². The van der Waals surface area contributed by atoms with Crippen LogP contribution in [0.2, 0.25) is 0 Å². The molecule has 3 N–H and O–H groups in total. The SMILES string of the molecule is COCCOc1cc2c(/C(C)=N\N)cnc(-c3ccc(O)cc3F)c2cc1OC. The summed E-state index contributed by atoms with van der Waals surface area (Å²) in [6, 6.07) is 7.46. The third kappa shape index (κ3) is 4.07. The van der Waals surface area contributed by atoms with Crippen LogP contribution in [0.5, 0.6) is 17.2 Å². The molecular formula is C21H22FN3O4. The lowest BCUT2D eigenvalue weighted by Gasteiger charge is -2.16. The molecule has 0 aliphatic carbocycles. The summed E-state index contributed by atoms with van der Waals surface area (Å²) >= 11 is 0. The van der Waals surface area contributed by atoms with E-state index in [1.165, 1.54) is 19.2 Å². The molecule has 0 aliphatic heterocycles. The third-order valence-corrected chi connectivity index (χ3v) is 4.51. The van der Waals surface area contributed by atoms with Crippen molar-refractivity contribution in [1.82, 2.24) is 4.98 Å². The van der Waals surface area contributed by atoms with Crippen LogP contribution in [0.3, 0.4) is 0 Å². The minimum Gasteiger partial charge on any atom is -0.508 e. The molecule has 29 heavy (non-hydrogen) atoms. The number of rotatable bonds is 7. The Morgan fingerprint density at radius 1 is 1.14 bits per heavy atom. The molecule has 0 bridgehead atoms. The first kappa shape index (κ1) is 20.3. The number of nitrogens with zero attached hydrogens (tertiary/aromatic N) is 2. The number of hydrazone groups is 1. The molecule has 0 radical (unpaired) electrons. The van der Waals surface area contributed by atoms with Gasteiger partial charge >= 0.3 is 0 Å². The summed E-state index contributed by atoms with van der Waals surface area (Å²) in [5, 5.41) is 14.7. The maximum Gasteiger partial charge on any atom is 0.161 e. The molecule has 0 atom stereocenters. The highest BCUT2D eigenvalue weighted by Gasteiger charge is 2.18. The van der Waals surface area contributed by atoms with Gasteiger partial charge in [-0.05, 0) is 36.6 Å². The molecule has 0 unspecified atom stereocenters. The van der Waals surface area contributed by atoms with Crippen molar-refractivity contribution in [3.05, 3.63) is 47.9 Å². The highest BCUT2D eigenvalue weighted by atomic mass is 19.1. The maximum atomic E-state index is 14.5. The molecule has 0 aliphatic rings. The Labute approximate surface area is 167 Å².